The van der Waals surface area contributed by atoms with E-state index in [0.717, 1.165) is 10.0 Å². The van der Waals surface area contributed by atoms with Gasteiger partial charge in [0.25, 0.3) is 10.0 Å². The molecule has 2 aromatic rings. The second kappa shape index (κ2) is 5.83. The van der Waals surface area contributed by atoms with E-state index in [0.29, 0.717) is 5.69 Å². The smallest absolute Gasteiger partial charge is 0.261 e. The van der Waals surface area contributed by atoms with E-state index in [4.69, 9.17) is 0 Å². The zero-order valence-electron chi connectivity index (χ0n) is 10.3. The lowest BCUT2D eigenvalue weighted by atomic mass is 10.2. The first kappa shape index (κ1) is 15.5. The first-order valence-electron chi connectivity index (χ1n) is 5.53. The highest BCUT2D eigenvalue weighted by Crippen LogP contribution is 2.24. The second-order valence-electron chi connectivity index (χ2n) is 4.15. The summed E-state index contributed by atoms with van der Waals surface area (Å²) >= 11 is 6.33. The molecule has 0 saturated carbocycles. The van der Waals surface area contributed by atoms with Crippen LogP contribution in [0.5, 0.6) is 0 Å². The van der Waals surface area contributed by atoms with Crippen molar-refractivity contribution < 1.29 is 12.8 Å². The third-order valence-corrected chi connectivity index (χ3v) is 5.49. The van der Waals surface area contributed by atoms with Crippen molar-refractivity contribution in [1.29, 1.82) is 0 Å². The Kier molecular flexibility index (Phi) is 4.51. The van der Waals surface area contributed by atoms with Gasteiger partial charge in [0, 0.05) is 4.47 Å². The molecular weight excluding hydrogens is 413 g/mol. The summed E-state index contributed by atoms with van der Waals surface area (Å²) in [6, 6.07) is 8.66. The number of hydrogen-bond donors (Lipinski definition) is 1. The fraction of sp³-hybridized carbons (Fsp3) is 0.0769. The van der Waals surface area contributed by atoms with Gasteiger partial charge in [0.15, 0.2) is 0 Å². The standard InChI is InChI=1S/C13H10Br2FNO2S/c1-8-6-10(3-4-11(8)14)20(18,19)17-9-2-5-13(16)12(15)7-9/h2-7,17H,1H3. The Labute approximate surface area is 133 Å². The van der Waals surface area contributed by atoms with Crippen molar-refractivity contribution >= 4 is 47.6 Å². The van der Waals surface area contributed by atoms with Crippen molar-refractivity contribution in [3.8, 4) is 0 Å². The van der Waals surface area contributed by atoms with Gasteiger partial charge in [0.2, 0.25) is 0 Å². The molecular formula is C13H10Br2FNO2S. The number of hydrogen-bond acceptors (Lipinski definition) is 2. The molecule has 0 amide bonds. The molecule has 20 heavy (non-hydrogen) atoms. The van der Waals surface area contributed by atoms with Gasteiger partial charge in [-0.1, -0.05) is 15.9 Å². The van der Waals surface area contributed by atoms with Crippen LogP contribution >= 0.6 is 31.9 Å². The van der Waals surface area contributed by atoms with E-state index in [2.05, 4.69) is 36.6 Å². The third kappa shape index (κ3) is 3.39. The molecule has 1 N–H and O–H groups in total. The monoisotopic (exact) mass is 421 g/mol. The summed E-state index contributed by atoms with van der Waals surface area (Å²) in [4.78, 5) is 0.152. The number of sulfonamides is 1. The van der Waals surface area contributed by atoms with Gasteiger partial charge in [-0.15, -0.1) is 0 Å². The molecule has 0 atom stereocenters. The number of halogens is 3. The van der Waals surface area contributed by atoms with Gasteiger partial charge in [-0.2, -0.15) is 0 Å². The Balaban J connectivity index is 2.35. The van der Waals surface area contributed by atoms with Crippen LogP contribution in [0.3, 0.4) is 0 Å². The molecule has 7 heteroatoms. The van der Waals surface area contributed by atoms with Crippen molar-refractivity contribution in [3.05, 3.63) is 56.7 Å². The molecule has 0 aromatic heterocycles. The van der Waals surface area contributed by atoms with Crippen LogP contribution in [0.25, 0.3) is 0 Å². The van der Waals surface area contributed by atoms with Crippen molar-refractivity contribution in [3.63, 3.8) is 0 Å². The number of anilines is 1. The first-order valence-corrected chi connectivity index (χ1v) is 8.60. The van der Waals surface area contributed by atoms with Gasteiger partial charge in [-0.25, -0.2) is 12.8 Å². The van der Waals surface area contributed by atoms with E-state index < -0.39 is 15.8 Å². The van der Waals surface area contributed by atoms with Crippen LogP contribution in [0.1, 0.15) is 5.56 Å². The Morgan fingerprint density at radius 2 is 1.75 bits per heavy atom. The molecule has 106 valence electrons. The Morgan fingerprint density at radius 3 is 2.35 bits per heavy atom. The predicted octanol–water partition coefficient (Wildman–Crippen LogP) is 4.46. The zero-order chi connectivity index (χ0) is 14.9. The molecule has 0 aliphatic carbocycles. The average molecular weight is 423 g/mol. The molecule has 0 heterocycles. The van der Waals surface area contributed by atoms with Crippen molar-refractivity contribution in [2.45, 2.75) is 11.8 Å². The summed E-state index contributed by atoms with van der Waals surface area (Å²) < 4.78 is 41.0. The van der Waals surface area contributed by atoms with E-state index in [9.17, 15) is 12.8 Å². The Hall–Kier alpha value is -0.920. The van der Waals surface area contributed by atoms with Gasteiger partial charge in [-0.3, -0.25) is 4.72 Å². The van der Waals surface area contributed by atoms with E-state index in [1.54, 1.807) is 19.1 Å². The number of rotatable bonds is 3. The Bertz CT molecular complexity index is 763. The minimum absolute atomic E-state index is 0.152. The molecule has 3 nitrogen and oxygen atoms in total. The van der Waals surface area contributed by atoms with Gasteiger partial charge >= 0.3 is 0 Å². The van der Waals surface area contributed by atoms with Gasteiger partial charge in [0.1, 0.15) is 5.82 Å². The van der Waals surface area contributed by atoms with Crippen molar-refractivity contribution in [1.82, 2.24) is 0 Å². The lowest BCUT2D eigenvalue weighted by Gasteiger charge is -2.10. The molecule has 0 unspecified atom stereocenters. The van der Waals surface area contributed by atoms with E-state index in [1.165, 1.54) is 24.3 Å². The summed E-state index contributed by atoms with van der Waals surface area (Å²) in [5.41, 5.74) is 1.10. The summed E-state index contributed by atoms with van der Waals surface area (Å²) in [7, 11) is -3.70. The number of benzene rings is 2. The van der Waals surface area contributed by atoms with Crippen LogP contribution in [-0.4, -0.2) is 8.42 Å². The molecule has 2 aromatic carbocycles. The summed E-state index contributed by atoms with van der Waals surface area (Å²) in [6.45, 7) is 1.80. The van der Waals surface area contributed by atoms with Gasteiger partial charge < -0.3 is 0 Å². The van der Waals surface area contributed by atoms with Gasteiger partial charge in [-0.05, 0) is 64.8 Å². The van der Waals surface area contributed by atoms with Crippen LogP contribution in [0, 0.1) is 12.7 Å². The largest absolute Gasteiger partial charge is 0.280 e. The molecule has 2 rings (SSSR count). The van der Waals surface area contributed by atoms with Crippen LogP contribution in [-0.2, 0) is 10.0 Å². The molecule has 0 aliphatic heterocycles. The fourth-order valence-electron chi connectivity index (χ4n) is 1.56. The van der Waals surface area contributed by atoms with Crippen LogP contribution in [0.2, 0.25) is 0 Å². The average Bonchev–Trinajstić information content (AvgIpc) is 2.37. The van der Waals surface area contributed by atoms with Crippen LogP contribution < -0.4 is 4.72 Å². The van der Waals surface area contributed by atoms with Crippen molar-refractivity contribution in [2.24, 2.45) is 0 Å². The molecule has 0 spiro atoms. The SMILES string of the molecule is Cc1cc(S(=O)(=O)Nc2ccc(F)c(Br)c2)ccc1Br. The molecule has 0 fully saturated rings. The molecule has 0 saturated heterocycles. The maximum atomic E-state index is 13.1. The van der Waals surface area contributed by atoms with E-state index in [1.807, 2.05) is 0 Å². The summed E-state index contributed by atoms with van der Waals surface area (Å²) in [6.07, 6.45) is 0. The maximum absolute atomic E-state index is 13.1. The minimum atomic E-state index is -3.70. The lowest BCUT2D eigenvalue weighted by molar-refractivity contribution is 0.600. The highest BCUT2D eigenvalue weighted by Gasteiger charge is 2.15. The second-order valence-corrected chi connectivity index (χ2v) is 7.54. The van der Waals surface area contributed by atoms with E-state index in [-0.39, 0.29) is 9.37 Å². The Morgan fingerprint density at radius 1 is 1.05 bits per heavy atom. The normalized spacial score (nSPS) is 11.4. The number of aryl methyl sites for hydroxylation is 1. The summed E-state index contributed by atoms with van der Waals surface area (Å²) in [5, 5.41) is 0. The molecule has 0 radical (unpaired) electrons. The highest BCUT2D eigenvalue weighted by molar-refractivity contribution is 9.10. The highest BCUT2D eigenvalue weighted by atomic mass is 79.9. The number of nitrogens with one attached hydrogen (secondary N) is 1. The first-order chi connectivity index (χ1) is 9.29. The maximum Gasteiger partial charge on any atom is 0.261 e. The zero-order valence-corrected chi connectivity index (χ0v) is 14.3. The third-order valence-electron chi connectivity index (χ3n) is 2.61. The topological polar surface area (TPSA) is 46.2 Å². The minimum Gasteiger partial charge on any atom is -0.280 e. The van der Waals surface area contributed by atoms with E-state index >= 15 is 0 Å². The van der Waals surface area contributed by atoms with Crippen molar-refractivity contribution in [2.75, 3.05) is 4.72 Å². The summed E-state index contributed by atoms with van der Waals surface area (Å²) in [5.74, 6) is -0.451. The predicted molar refractivity (Wildman–Crippen MR) is 83.8 cm³/mol. The fourth-order valence-corrected chi connectivity index (χ4v) is 3.32. The van der Waals surface area contributed by atoms with Gasteiger partial charge in [0.05, 0.1) is 15.1 Å². The lowest BCUT2D eigenvalue weighted by Crippen LogP contribution is -2.13. The van der Waals surface area contributed by atoms with Crippen LogP contribution in [0.15, 0.2) is 50.2 Å². The molecule has 0 aliphatic rings. The van der Waals surface area contributed by atoms with Crippen LogP contribution in [0.4, 0.5) is 10.1 Å². The quantitative estimate of drug-likeness (QED) is 0.793. The molecule has 0 bridgehead atoms.